The lowest BCUT2D eigenvalue weighted by atomic mass is 9.78. The second-order valence-corrected chi connectivity index (χ2v) is 5.47. The third-order valence-electron chi connectivity index (χ3n) is 4.52. The van der Waals surface area contributed by atoms with Crippen LogP contribution in [0.1, 0.15) is 40.0 Å². The lowest BCUT2D eigenvalue weighted by Crippen LogP contribution is -2.40. The van der Waals surface area contributed by atoms with Crippen LogP contribution < -0.4 is 0 Å². The first-order chi connectivity index (χ1) is 9.22. The molecule has 0 heterocycles. The van der Waals surface area contributed by atoms with Gasteiger partial charge in [-0.2, -0.15) is 0 Å². The molecule has 2 aliphatic rings. The van der Waals surface area contributed by atoms with Gasteiger partial charge in [0.2, 0.25) is 0 Å². The molecule has 0 spiro atoms. The standard InChI is InChI=1S/C15H26O4/c1-4-17-14(16)12-10-7-8-11(9-10)13(12)15(18-5-2)19-6-3/h10-13,15H,4-9H2,1-3H3. The van der Waals surface area contributed by atoms with Gasteiger partial charge in [-0.3, -0.25) is 4.79 Å². The average molecular weight is 270 g/mol. The molecule has 0 radical (unpaired) electrons. The van der Waals surface area contributed by atoms with Gasteiger partial charge in [0.1, 0.15) is 0 Å². The third-order valence-corrected chi connectivity index (χ3v) is 4.52. The van der Waals surface area contributed by atoms with E-state index >= 15 is 0 Å². The second kappa shape index (κ2) is 6.71. The summed E-state index contributed by atoms with van der Waals surface area (Å²) in [6, 6.07) is 0. The molecule has 2 bridgehead atoms. The highest BCUT2D eigenvalue weighted by atomic mass is 16.7. The fourth-order valence-corrected chi connectivity index (χ4v) is 3.91. The van der Waals surface area contributed by atoms with Crippen molar-refractivity contribution >= 4 is 5.97 Å². The minimum absolute atomic E-state index is 0.0261. The Morgan fingerprint density at radius 1 is 1.05 bits per heavy atom. The minimum Gasteiger partial charge on any atom is -0.466 e. The maximum absolute atomic E-state index is 12.2. The van der Waals surface area contributed by atoms with E-state index in [1.807, 2.05) is 20.8 Å². The quantitative estimate of drug-likeness (QED) is 0.527. The Morgan fingerprint density at radius 2 is 1.68 bits per heavy atom. The van der Waals surface area contributed by atoms with Crippen molar-refractivity contribution in [3.8, 4) is 0 Å². The van der Waals surface area contributed by atoms with E-state index in [4.69, 9.17) is 14.2 Å². The molecule has 2 aliphatic carbocycles. The van der Waals surface area contributed by atoms with Crippen LogP contribution in [0.4, 0.5) is 0 Å². The van der Waals surface area contributed by atoms with Crippen molar-refractivity contribution in [1.82, 2.24) is 0 Å². The van der Waals surface area contributed by atoms with Crippen LogP contribution in [0.3, 0.4) is 0 Å². The van der Waals surface area contributed by atoms with Crippen LogP contribution in [0.2, 0.25) is 0 Å². The zero-order valence-corrected chi connectivity index (χ0v) is 12.3. The summed E-state index contributed by atoms with van der Waals surface area (Å²) in [7, 11) is 0. The van der Waals surface area contributed by atoms with Crippen molar-refractivity contribution < 1.29 is 19.0 Å². The largest absolute Gasteiger partial charge is 0.466 e. The zero-order valence-electron chi connectivity index (χ0n) is 12.3. The lowest BCUT2D eigenvalue weighted by molar-refractivity contribution is -0.195. The van der Waals surface area contributed by atoms with E-state index in [0.717, 1.165) is 12.8 Å². The molecule has 0 amide bonds. The first-order valence-corrected chi connectivity index (χ1v) is 7.62. The summed E-state index contributed by atoms with van der Waals surface area (Å²) in [4.78, 5) is 12.2. The molecule has 19 heavy (non-hydrogen) atoms. The van der Waals surface area contributed by atoms with Gasteiger partial charge in [-0.05, 0) is 51.9 Å². The van der Waals surface area contributed by atoms with Crippen LogP contribution in [-0.4, -0.2) is 32.1 Å². The molecule has 4 unspecified atom stereocenters. The van der Waals surface area contributed by atoms with Crippen LogP contribution in [0.15, 0.2) is 0 Å². The van der Waals surface area contributed by atoms with Gasteiger partial charge in [0.25, 0.3) is 0 Å². The molecule has 2 fully saturated rings. The Morgan fingerprint density at radius 3 is 2.26 bits per heavy atom. The Balaban J connectivity index is 2.12. The van der Waals surface area contributed by atoms with Gasteiger partial charge in [0.15, 0.2) is 6.29 Å². The van der Waals surface area contributed by atoms with Crippen molar-refractivity contribution in [2.24, 2.45) is 23.7 Å². The Labute approximate surface area is 115 Å². The van der Waals surface area contributed by atoms with Crippen molar-refractivity contribution in [1.29, 1.82) is 0 Å². The molecule has 0 aromatic carbocycles. The summed E-state index contributed by atoms with van der Waals surface area (Å²) in [5, 5.41) is 0. The predicted octanol–water partition coefficient (Wildman–Crippen LogP) is 2.61. The Kier molecular flexibility index (Phi) is 5.22. The lowest BCUT2D eigenvalue weighted by Gasteiger charge is -2.34. The highest BCUT2D eigenvalue weighted by molar-refractivity contribution is 5.74. The van der Waals surface area contributed by atoms with E-state index < -0.39 is 0 Å². The number of hydrogen-bond donors (Lipinski definition) is 0. The molecule has 4 heteroatoms. The van der Waals surface area contributed by atoms with Crippen LogP contribution in [0.5, 0.6) is 0 Å². The number of rotatable bonds is 7. The minimum atomic E-state index is -0.250. The van der Waals surface area contributed by atoms with Gasteiger partial charge in [-0.15, -0.1) is 0 Å². The molecular weight excluding hydrogens is 244 g/mol. The highest BCUT2D eigenvalue weighted by Gasteiger charge is 2.54. The molecule has 0 saturated heterocycles. The van der Waals surface area contributed by atoms with Gasteiger partial charge in [0.05, 0.1) is 12.5 Å². The Hall–Kier alpha value is -0.610. The average Bonchev–Trinajstić information content (AvgIpc) is 2.98. The topological polar surface area (TPSA) is 44.8 Å². The first-order valence-electron chi connectivity index (χ1n) is 7.62. The monoisotopic (exact) mass is 270 g/mol. The summed E-state index contributed by atoms with van der Waals surface area (Å²) >= 11 is 0. The Bertz CT molecular complexity index is 299. The van der Waals surface area contributed by atoms with Gasteiger partial charge in [-0.1, -0.05) is 0 Å². The number of ether oxygens (including phenoxy) is 3. The molecule has 0 aromatic heterocycles. The summed E-state index contributed by atoms with van der Waals surface area (Å²) in [5.41, 5.74) is 0. The molecule has 0 aliphatic heterocycles. The van der Waals surface area contributed by atoms with Gasteiger partial charge in [-0.25, -0.2) is 0 Å². The van der Waals surface area contributed by atoms with Crippen molar-refractivity contribution in [2.45, 2.75) is 46.3 Å². The van der Waals surface area contributed by atoms with E-state index in [0.29, 0.717) is 31.7 Å². The fraction of sp³-hybridized carbons (Fsp3) is 0.933. The summed E-state index contributed by atoms with van der Waals surface area (Å²) in [5.74, 6) is 1.13. The molecule has 4 atom stereocenters. The molecule has 0 aromatic rings. The summed E-state index contributed by atoms with van der Waals surface area (Å²) in [6.45, 7) is 7.50. The molecule has 2 rings (SSSR count). The van der Waals surface area contributed by atoms with Gasteiger partial charge >= 0.3 is 5.97 Å². The van der Waals surface area contributed by atoms with Crippen molar-refractivity contribution in [3.05, 3.63) is 0 Å². The smallest absolute Gasteiger partial charge is 0.309 e. The first kappa shape index (κ1) is 14.8. The number of carbonyl (C=O) groups excluding carboxylic acids is 1. The third kappa shape index (κ3) is 2.95. The predicted molar refractivity (Wildman–Crippen MR) is 71.5 cm³/mol. The molecule has 0 N–H and O–H groups in total. The number of fused-ring (bicyclic) bond motifs is 2. The van der Waals surface area contributed by atoms with E-state index in [9.17, 15) is 4.79 Å². The van der Waals surface area contributed by atoms with Crippen molar-refractivity contribution in [2.75, 3.05) is 19.8 Å². The van der Waals surface area contributed by atoms with E-state index in [-0.39, 0.29) is 24.1 Å². The fourth-order valence-electron chi connectivity index (χ4n) is 3.91. The summed E-state index contributed by atoms with van der Waals surface area (Å²) in [6.07, 6.45) is 3.22. The number of carbonyl (C=O) groups is 1. The van der Waals surface area contributed by atoms with Gasteiger partial charge < -0.3 is 14.2 Å². The number of esters is 1. The normalized spacial score (nSPS) is 33.1. The molecular formula is C15H26O4. The van der Waals surface area contributed by atoms with Gasteiger partial charge in [0, 0.05) is 19.1 Å². The van der Waals surface area contributed by atoms with Crippen LogP contribution >= 0.6 is 0 Å². The SMILES string of the molecule is CCOC(=O)C1C2CCC(C2)C1C(OCC)OCC. The van der Waals surface area contributed by atoms with Crippen LogP contribution in [0.25, 0.3) is 0 Å². The number of hydrogen-bond acceptors (Lipinski definition) is 4. The van der Waals surface area contributed by atoms with Crippen LogP contribution in [-0.2, 0) is 19.0 Å². The molecule has 2 saturated carbocycles. The van der Waals surface area contributed by atoms with E-state index in [1.165, 1.54) is 6.42 Å². The zero-order chi connectivity index (χ0) is 13.8. The highest BCUT2D eigenvalue weighted by Crippen LogP contribution is 2.54. The van der Waals surface area contributed by atoms with E-state index in [1.54, 1.807) is 0 Å². The summed E-state index contributed by atoms with van der Waals surface area (Å²) < 4.78 is 16.8. The molecule has 4 nitrogen and oxygen atoms in total. The second-order valence-electron chi connectivity index (χ2n) is 5.47. The van der Waals surface area contributed by atoms with Crippen LogP contribution in [0, 0.1) is 23.7 Å². The molecule has 110 valence electrons. The van der Waals surface area contributed by atoms with Crippen molar-refractivity contribution in [3.63, 3.8) is 0 Å². The maximum atomic E-state index is 12.2. The maximum Gasteiger partial charge on any atom is 0.309 e. The van der Waals surface area contributed by atoms with E-state index in [2.05, 4.69) is 0 Å².